The summed E-state index contributed by atoms with van der Waals surface area (Å²) in [6.45, 7) is 4.77. The summed E-state index contributed by atoms with van der Waals surface area (Å²) in [5, 5.41) is 0. The number of hydrogen-bond donors (Lipinski definition) is 0. The monoisotopic (exact) mass is 345 g/mol. The van der Waals surface area contributed by atoms with Gasteiger partial charge in [0, 0.05) is 17.1 Å². The average Bonchev–Trinajstić information content (AvgIpc) is 2.45. The number of benzene rings is 2. The van der Waals surface area contributed by atoms with Crippen LogP contribution in [-0.2, 0) is 17.8 Å². The van der Waals surface area contributed by atoms with E-state index in [9.17, 15) is 4.79 Å². The van der Waals surface area contributed by atoms with Crippen LogP contribution in [0.5, 0.6) is 0 Å². The molecule has 0 aliphatic heterocycles. The van der Waals surface area contributed by atoms with E-state index in [1.807, 2.05) is 47.4 Å². The minimum Gasteiger partial charge on any atom is -0.336 e. The highest BCUT2D eigenvalue weighted by molar-refractivity contribution is 9.10. The SMILES string of the molecule is CC(C)N(Cc1ccccc1)C(=O)Cc1cccc(Br)c1. The van der Waals surface area contributed by atoms with Crippen molar-refractivity contribution in [3.05, 3.63) is 70.2 Å². The van der Waals surface area contributed by atoms with Crippen LogP contribution in [0.1, 0.15) is 25.0 Å². The molecular formula is C18H20BrNO. The second kappa shape index (κ2) is 7.41. The molecule has 2 aromatic rings. The van der Waals surface area contributed by atoms with Crippen molar-refractivity contribution in [2.75, 3.05) is 0 Å². The molecule has 0 unspecified atom stereocenters. The third-order valence-electron chi connectivity index (χ3n) is 3.38. The Labute approximate surface area is 134 Å². The fourth-order valence-corrected chi connectivity index (χ4v) is 2.71. The van der Waals surface area contributed by atoms with E-state index in [4.69, 9.17) is 0 Å². The Morgan fingerprint density at radius 3 is 2.33 bits per heavy atom. The van der Waals surface area contributed by atoms with Crippen LogP contribution in [0.4, 0.5) is 0 Å². The van der Waals surface area contributed by atoms with Gasteiger partial charge in [0.1, 0.15) is 0 Å². The maximum absolute atomic E-state index is 12.6. The van der Waals surface area contributed by atoms with Crippen molar-refractivity contribution in [1.29, 1.82) is 0 Å². The van der Waals surface area contributed by atoms with Gasteiger partial charge in [-0.25, -0.2) is 0 Å². The number of halogens is 1. The van der Waals surface area contributed by atoms with Crippen molar-refractivity contribution >= 4 is 21.8 Å². The lowest BCUT2D eigenvalue weighted by molar-refractivity contribution is -0.132. The molecular weight excluding hydrogens is 326 g/mol. The Kier molecular flexibility index (Phi) is 5.57. The quantitative estimate of drug-likeness (QED) is 0.784. The molecule has 1 amide bonds. The highest BCUT2D eigenvalue weighted by Crippen LogP contribution is 2.15. The van der Waals surface area contributed by atoms with E-state index in [-0.39, 0.29) is 11.9 Å². The first-order valence-corrected chi connectivity index (χ1v) is 7.93. The van der Waals surface area contributed by atoms with Gasteiger partial charge >= 0.3 is 0 Å². The first-order chi connectivity index (χ1) is 10.1. The van der Waals surface area contributed by atoms with Gasteiger partial charge in [-0.2, -0.15) is 0 Å². The first kappa shape index (κ1) is 15.8. The first-order valence-electron chi connectivity index (χ1n) is 7.14. The van der Waals surface area contributed by atoms with Crippen LogP contribution in [-0.4, -0.2) is 16.8 Å². The number of carbonyl (C=O) groups excluding carboxylic acids is 1. The molecule has 0 aliphatic rings. The van der Waals surface area contributed by atoms with E-state index < -0.39 is 0 Å². The molecule has 0 aliphatic carbocycles. The molecule has 110 valence electrons. The molecule has 0 heterocycles. The lowest BCUT2D eigenvalue weighted by Crippen LogP contribution is -2.37. The number of nitrogens with zero attached hydrogens (tertiary/aromatic N) is 1. The van der Waals surface area contributed by atoms with E-state index in [0.29, 0.717) is 13.0 Å². The Morgan fingerprint density at radius 1 is 1.05 bits per heavy atom. The van der Waals surface area contributed by atoms with Crippen molar-refractivity contribution in [2.24, 2.45) is 0 Å². The van der Waals surface area contributed by atoms with E-state index >= 15 is 0 Å². The normalized spacial score (nSPS) is 10.7. The van der Waals surface area contributed by atoms with Crippen molar-refractivity contribution in [1.82, 2.24) is 4.90 Å². The van der Waals surface area contributed by atoms with Crippen LogP contribution in [0.25, 0.3) is 0 Å². The molecule has 0 fully saturated rings. The maximum Gasteiger partial charge on any atom is 0.227 e. The number of carbonyl (C=O) groups is 1. The molecule has 0 bridgehead atoms. The minimum absolute atomic E-state index is 0.159. The molecule has 0 saturated heterocycles. The van der Waals surface area contributed by atoms with Gasteiger partial charge in [0.25, 0.3) is 0 Å². The van der Waals surface area contributed by atoms with Crippen molar-refractivity contribution in [2.45, 2.75) is 32.9 Å². The maximum atomic E-state index is 12.6. The predicted molar refractivity (Wildman–Crippen MR) is 90.0 cm³/mol. The fraction of sp³-hybridized carbons (Fsp3) is 0.278. The standard InChI is InChI=1S/C18H20BrNO/c1-14(2)20(13-15-7-4-3-5-8-15)18(21)12-16-9-6-10-17(19)11-16/h3-11,14H,12-13H2,1-2H3. The zero-order valence-corrected chi connectivity index (χ0v) is 14.0. The van der Waals surface area contributed by atoms with Gasteiger partial charge in [-0.05, 0) is 37.1 Å². The summed E-state index contributed by atoms with van der Waals surface area (Å²) in [7, 11) is 0. The molecule has 2 nitrogen and oxygen atoms in total. The van der Waals surface area contributed by atoms with Gasteiger partial charge in [-0.1, -0.05) is 58.4 Å². The highest BCUT2D eigenvalue weighted by Gasteiger charge is 2.17. The molecule has 3 heteroatoms. The average molecular weight is 346 g/mol. The lowest BCUT2D eigenvalue weighted by Gasteiger charge is -2.27. The lowest BCUT2D eigenvalue weighted by atomic mass is 10.1. The topological polar surface area (TPSA) is 20.3 Å². The summed E-state index contributed by atoms with van der Waals surface area (Å²) in [6.07, 6.45) is 0.435. The Bertz CT molecular complexity index is 595. The van der Waals surface area contributed by atoms with Crippen molar-refractivity contribution in [3.63, 3.8) is 0 Å². The molecule has 0 atom stereocenters. The van der Waals surface area contributed by atoms with Gasteiger partial charge in [-0.3, -0.25) is 4.79 Å². The van der Waals surface area contributed by atoms with Crippen LogP contribution >= 0.6 is 15.9 Å². The van der Waals surface area contributed by atoms with Gasteiger partial charge in [0.05, 0.1) is 6.42 Å². The zero-order valence-electron chi connectivity index (χ0n) is 12.4. The molecule has 21 heavy (non-hydrogen) atoms. The molecule has 0 saturated carbocycles. The van der Waals surface area contributed by atoms with E-state index in [2.05, 4.69) is 41.9 Å². The predicted octanol–water partition coefficient (Wildman–Crippen LogP) is 4.43. The highest BCUT2D eigenvalue weighted by atomic mass is 79.9. The molecule has 2 aromatic carbocycles. The molecule has 0 radical (unpaired) electrons. The van der Waals surface area contributed by atoms with Gasteiger partial charge < -0.3 is 4.90 Å². The van der Waals surface area contributed by atoms with Crippen LogP contribution in [0, 0.1) is 0 Å². The number of rotatable bonds is 5. The van der Waals surface area contributed by atoms with Crippen LogP contribution in [0.2, 0.25) is 0 Å². The van der Waals surface area contributed by atoms with Crippen molar-refractivity contribution < 1.29 is 4.79 Å². The minimum atomic E-state index is 0.159. The summed E-state index contributed by atoms with van der Waals surface area (Å²) in [6, 6.07) is 18.2. The van der Waals surface area contributed by atoms with Crippen LogP contribution in [0.3, 0.4) is 0 Å². The van der Waals surface area contributed by atoms with E-state index in [0.717, 1.165) is 15.6 Å². The molecule has 2 rings (SSSR count). The third-order valence-corrected chi connectivity index (χ3v) is 3.88. The van der Waals surface area contributed by atoms with Crippen LogP contribution < -0.4 is 0 Å². The van der Waals surface area contributed by atoms with E-state index in [1.54, 1.807) is 0 Å². The second-order valence-corrected chi connectivity index (χ2v) is 6.32. The number of hydrogen-bond acceptors (Lipinski definition) is 1. The Hall–Kier alpha value is -1.61. The molecule has 0 aromatic heterocycles. The fourth-order valence-electron chi connectivity index (χ4n) is 2.26. The second-order valence-electron chi connectivity index (χ2n) is 5.41. The smallest absolute Gasteiger partial charge is 0.227 e. The zero-order chi connectivity index (χ0) is 15.2. The summed E-state index contributed by atoms with van der Waals surface area (Å²) < 4.78 is 1.01. The third kappa shape index (κ3) is 4.71. The largest absolute Gasteiger partial charge is 0.336 e. The number of amides is 1. The molecule has 0 N–H and O–H groups in total. The summed E-state index contributed by atoms with van der Waals surface area (Å²) >= 11 is 3.45. The van der Waals surface area contributed by atoms with Gasteiger partial charge in [-0.15, -0.1) is 0 Å². The van der Waals surface area contributed by atoms with Gasteiger partial charge in [0.2, 0.25) is 5.91 Å². The van der Waals surface area contributed by atoms with E-state index in [1.165, 1.54) is 0 Å². The van der Waals surface area contributed by atoms with Gasteiger partial charge in [0.15, 0.2) is 0 Å². The summed E-state index contributed by atoms with van der Waals surface area (Å²) in [5.41, 5.74) is 2.20. The van der Waals surface area contributed by atoms with Crippen LogP contribution in [0.15, 0.2) is 59.1 Å². The summed E-state index contributed by atoms with van der Waals surface area (Å²) in [5.74, 6) is 0.159. The Balaban J connectivity index is 2.09. The van der Waals surface area contributed by atoms with Crippen molar-refractivity contribution in [3.8, 4) is 0 Å². The summed E-state index contributed by atoms with van der Waals surface area (Å²) in [4.78, 5) is 14.5. The molecule has 0 spiro atoms. The Morgan fingerprint density at radius 2 is 1.71 bits per heavy atom.